The molecule has 2 aliphatic rings. The van der Waals surface area contributed by atoms with E-state index in [2.05, 4.69) is 4.98 Å². The average Bonchev–Trinajstić information content (AvgIpc) is 2.85. The zero-order valence-corrected chi connectivity index (χ0v) is 13.6. The van der Waals surface area contributed by atoms with Gasteiger partial charge < -0.3 is 9.64 Å². The molecule has 7 heteroatoms. The first-order chi connectivity index (χ1) is 11.3. The Morgan fingerprint density at radius 1 is 1.21 bits per heavy atom. The number of hydrogen-bond acceptors (Lipinski definition) is 3. The summed E-state index contributed by atoms with van der Waals surface area (Å²) in [6.07, 6.45) is 1.11. The lowest BCUT2D eigenvalue weighted by molar-refractivity contribution is -0.189. The number of carbonyl (C=O) groups excluding carboxylic acids is 1. The Morgan fingerprint density at radius 3 is 2.50 bits per heavy atom. The number of hydrogen-bond donors (Lipinski definition) is 0. The summed E-state index contributed by atoms with van der Waals surface area (Å²) < 4.78 is 42.3. The van der Waals surface area contributed by atoms with Gasteiger partial charge in [-0.25, -0.2) is 4.98 Å². The van der Waals surface area contributed by atoms with Gasteiger partial charge in [0.1, 0.15) is 0 Å². The smallest absolute Gasteiger partial charge is 0.425 e. The molecule has 1 aliphatic heterocycles. The Kier molecular flexibility index (Phi) is 4.44. The number of pyridine rings is 1. The number of anilines is 1. The molecule has 2 fully saturated rings. The van der Waals surface area contributed by atoms with E-state index in [1.165, 1.54) is 18.7 Å². The summed E-state index contributed by atoms with van der Waals surface area (Å²) in [7, 11) is 0. The van der Waals surface area contributed by atoms with E-state index in [0.29, 0.717) is 12.2 Å². The number of rotatable bonds is 3. The van der Waals surface area contributed by atoms with Crippen molar-refractivity contribution in [3.05, 3.63) is 18.3 Å². The largest absolute Gasteiger partial charge is 0.465 e. The number of alkyl halides is 3. The summed E-state index contributed by atoms with van der Waals surface area (Å²) in [5.74, 6) is 0.0314. The van der Waals surface area contributed by atoms with Crippen LogP contribution in [0.1, 0.15) is 45.4 Å². The molecule has 1 saturated heterocycles. The topological polar surface area (TPSA) is 42.4 Å². The van der Waals surface area contributed by atoms with Gasteiger partial charge >= 0.3 is 6.18 Å². The summed E-state index contributed by atoms with van der Waals surface area (Å²) >= 11 is 0. The second-order valence-corrected chi connectivity index (χ2v) is 6.70. The van der Waals surface area contributed by atoms with E-state index in [-0.39, 0.29) is 17.2 Å². The second-order valence-electron chi connectivity index (χ2n) is 6.70. The van der Waals surface area contributed by atoms with Crippen LogP contribution < -0.4 is 9.64 Å². The Hall–Kier alpha value is -1.79. The zero-order chi connectivity index (χ0) is 17.4. The standard InChI is InChI=1S/C17H21F3N2O2/c1-12(17(18,19)20)24-14-6-5-13(11-21-14)22-10-9-16(15(22)23)7-3-2-4-8-16/h5-6,11-12H,2-4,7-10H2,1H3/t12-/m1/s1. The number of carbonyl (C=O) groups is 1. The maximum atomic E-state index is 12.8. The van der Waals surface area contributed by atoms with Gasteiger partial charge in [-0.1, -0.05) is 19.3 Å². The van der Waals surface area contributed by atoms with Gasteiger partial charge in [-0.05, 0) is 32.3 Å². The minimum absolute atomic E-state index is 0.0948. The molecule has 3 rings (SSSR count). The molecule has 1 atom stereocenters. The molecule has 1 saturated carbocycles. The highest BCUT2D eigenvalue weighted by molar-refractivity contribution is 5.99. The maximum absolute atomic E-state index is 12.8. The van der Waals surface area contributed by atoms with Gasteiger partial charge in [-0.3, -0.25) is 4.79 Å². The van der Waals surface area contributed by atoms with E-state index in [9.17, 15) is 18.0 Å². The molecule has 1 aliphatic carbocycles. The van der Waals surface area contributed by atoms with Crippen LogP contribution in [-0.4, -0.2) is 29.7 Å². The van der Waals surface area contributed by atoms with E-state index in [0.717, 1.165) is 39.0 Å². The van der Waals surface area contributed by atoms with Gasteiger partial charge in [0.05, 0.1) is 17.3 Å². The van der Waals surface area contributed by atoms with Crippen molar-refractivity contribution in [1.82, 2.24) is 4.98 Å². The lowest BCUT2D eigenvalue weighted by Crippen LogP contribution is -2.36. The van der Waals surface area contributed by atoms with E-state index < -0.39 is 12.3 Å². The van der Waals surface area contributed by atoms with Gasteiger partial charge in [0, 0.05) is 12.6 Å². The molecule has 1 aromatic rings. The first kappa shape index (κ1) is 17.0. The molecule has 1 spiro atoms. The quantitative estimate of drug-likeness (QED) is 0.831. The maximum Gasteiger partial charge on any atom is 0.425 e. The molecule has 0 bridgehead atoms. The summed E-state index contributed by atoms with van der Waals surface area (Å²) in [6, 6.07) is 2.99. The number of halogens is 3. The fourth-order valence-corrected chi connectivity index (χ4v) is 3.61. The molecule has 24 heavy (non-hydrogen) atoms. The fourth-order valence-electron chi connectivity index (χ4n) is 3.61. The van der Waals surface area contributed by atoms with Crippen LogP contribution in [0.15, 0.2) is 18.3 Å². The molecular formula is C17H21F3N2O2. The number of amides is 1. The lowest BCUT2D eigenvalue weighted by atomic mass is 9.73. The van der Waals surface area contributed by atoms with Crippen molar-refractivity contribution in [2.45, 2.75) is 57.7 Å². The number of ether oxygens (including phenoxy) is 1. The van der Waals surface area contributed by atoms with Gasteiger partial charge in [0.25, 0.3) is 0 Å². The normalized spacial score (nSPS) is 22.0. The van der Waals surface area contributed by atoms with Crippen molar-refractivity contribution in [2.75, 3.05) is 11.4 Å². The van der Waals surface area contributed by atoms with Crippen LogP contribution in [0.5, 0.6) is 5.88 Å². The molecular weight excluding hydrogens is 321 g/mol. The molecule has 132 valence electrons. The number of aromatic nitrogens is 1. The van der Waals surface area contributed by atoms with Crippen molar-refractivity contribution >= 4 is 11.6 Å². The van der Waals surface area contributed by atoms with Crippen LogP contribution in [0.2, 0.25) is 0 Å². The minimum Gasteiger partial charge on any atom is -0.465 e. The third-order valence-electron chi connectivity index (χ3n) is 5.11. The first-order valence-electron chi connectivity index (χ1n) is 8.33. The third kappa shape index (κ3) is 3.21. The van der Waals surface area contributed by atoms with Crippen molar-refractivity contribution < 1.29 is 22.7 Å². The van der Waals surface area contributed by atoms with Crippen LogP contribution in [0.4, 0.5) is 18.9 Å². The molecule has 0 aromatic carbocycles. The fraction of sp³-hybridized carbons (Fsp3) is 0.647. The number of nitrogens with zero attached hydrogens (tertiary/aromatic N) is 2. The first-order valence-corrected chi connectivity index (χ1v) is 8.33. The lowest BCUT2D eigenvalue weighted by Gasteiger charge is -2.31. The predicted octanol–water partition coefficient (Wildman–Crippen LogP) is 4.10. The average molecular weight is 342 g/mol. The third-order valence-corrected chi connectivity index (χ3v) is 5.11. The van der Waals surface area contributed by atoms with Crippen LogP contribution >= 0.6 is 0 Å². The highest BCUT2D eigenvalue weighted by atomic mass is 19.4. The van der Waals surface area contributed by atoms with E-state index in [1.54, 1.807) is 11.0 Å². The van der Waals surface area contributed by atoms with Crippen LogP contribution in [0.3, 0.4) is 0 Å². The van der Waals surface area contributed by atoms with E-state index in [4.69, 9.17) is 4.74 Å². The molecule has 0 N–H and O–H groups in total. The minimum atomic E-state index is -4.43. The summed E-state index contributed by atoms with van der Waals surface area (Å²) in [5.41, 5.74) is 0.382. The Balaban J connectivity index is 1.69. The Bertz CT molecular complexity index is 595. The predicted molar refractivity (Wildman–Crippen MR) is 82.9 cm³/mol. The van der Waals surface area contributed by atoms with Gasteiger partial charge in [-0.15, -0.1) is 0 Å². The van der Waals surface area contributed by atoms with Crippen molar-refractivity contribution in [2.24, 2.45) is 5.41 Å². The van der Waals surface area contributed by atoms with E-state index >= 15 is 0 Å². The summed E-state index contributed by atoms with van der Waals surface area (Å²) in [5, 5.41) is 0. The van der Waals surface area contributed by atoms with Crippen molar-refractivity contribution in [3.8, 4) is 5.88 Å². The second kappa shape index (κ2) is 6.26. The van der Waals surface area contributed by atoms with Gasteiger partial charge in [0.15, 0.2) is 6.10 Å². The summed E-state index contributed by atoms with van der Waals surface area (Å²) in [6.45, 7) is 1.58. The van der Waals surface area contributed by atoms with Crippen LogP contribution in [0.25, 0.3) is 0 Å². The molecule has 4 nitrogen and oxygen atoms in total. The van der Waals surface area contributed by atoms with Crippen LogP contribution in [-0.2, 0) is 4.79 Å². The molecule has 2 heterocycles. The van der Waals surface area contributed by atoms with Crippen molar-refractivity contribution in [1.29, 1.82) is 0 Å². The van der Waals surface area contributed by atoms with Crippen LogP contribution in [0, 0.1) is 5.41 Å². The summed E-state index contributed by atoms with van der Waals surface area (Å²) in [4.78, 5) is 18.4. The molecule has 0 unspecified atom stereocenters. The highest BCUT2D eigenvalue weighted by Crippen LogP contribution is 2.45. The Labute approximate surface area is 139 Å². The Morgan fingerprint density at radius 2 is 1.92 bits per heavy atom. The monoisotopic (exact) mass is 342 g/mol. The van der Waals surface area contributed by atoms with Gasteiger partial charge in [0.2, 0.25) is 11.8 Å². The van der Waals surface area contributed by atoms with E-state index in [1.807, 2.05) is 0 Å². The zero-order valence-electron chi connectivity index (χ0n) is 13.6. The molecule has 1 amide bonds. The highest BCUT2D eigenvalue weighted by Gasteiger charge is 2.47. The van der Waals surface area contributed by atoms with Gasteiger partial charge in [-0.2, -0.15) is 13.2 Å². The molecule has 0 radical (unpaired) electrons. The molecule has 1 aromatic heterocycles. The SMILES string of the molecule is C[C@@H](Oc1ccc(N2CCC3(CCCCC3)C2=O)cn1)C(F)(F)F. The van der Waals surface area contributed by atoms with Crippen molar-refractivity contribution in [3.63, 3.8) is 0 Å².